The van der Waals surface area contributed by atoms with Crippen LogP contribution in [0.15, 0.2) is 6.33 Å². The summed E-state index contributed by atoms with van der Waals surface area (Å²) in [4.78, 5) is 13.4. The van der Waals surface area contributed by atoms with E-state index in [0.717, 1.165) is 30.6 Å². The molecule has 1 saturated carbocycles. The quantitative estimate of drug-likeness (QED) is 0.815. The van der Waals surface area contributed by atoms with Crippen LogP contribution in [0.3, 0.4) is 0 Å². The second kappa shape index (κ2) is 6.33. The number of aryl methyl sites for hydroxylation is 1. The SMILES string of the molecule is Cc1ncnc(N(C)CCN(C)C2CCCC2)c1C. The first-order valence-corrected chi connectivity index (χ1v) is 7.29. The molecule has 1 fully saturated rings. The monoisotopic (exact) mass is 262 g/mol. The molecule has 1 heterocycles. The molecule has 0 radical (unpaired) electrons. The van der Waals surface area contributed by atoms with Gasteiger partial charge in [-0.15, -0.1) is 0 Å². The van der Waals surface area contributed by atoms with Crippen molar-refractivity contribution >= 4 is 5.82 Å². The number of anilines is 1. The Balaban J connectivity index is 1.90. The van der Waals surface area contributed by atoms with E-state index in [0.29, 0.717) is 0 Å². The fourth-order valence-electron chi connectivity index (χ4n) is 2.85. The molecule has 4 heteroatoms. The van der Waals surface area contributed by atoms with Crippen molar-refractivity contribution in [1.29, 1.82) is 0 Å². The topological polar surface area (TPSA) is 32.3 Å². The van der Waals surface area contributed by atoms with E-state index in [1.807, 2.05) is 6.92 Å². The summed E-state index contributed by atoms with van der Waals surface area (Å²) < 4.78 is 0. The zero-order valence-corrected chi connectivity index (χ0v) is 12.7. The predicted molar refractivity (Wildman–Crippen MR) is 79.7 cm³/mol. The van der Waals surface area contributed by atoms with Crippen molar-refractivity contribution in [3.63, 3.8) is 0 Å². The molecule has 19 heavy (non-hydrogen) atoms. The van der Waals surface area contributed by atoms with Gasteiger partial charge in [0.2, 0.25) is 0 Å². The maximum absolute atomic E-state index is 4.41. The molecule has 0 aromatic carbocycles. The van der Waals surface area contributed by atoms with Gasteiger partial charge in [-0.25, -0.2) is 9.97 Å². The largest absolute Gasteiger partial charge is 0.358 e. The van der Waals surface area contributed by atoms with Gasteiger partial charge in [0.05, 0.1) is 0 Å². The van der Waals surface area contributed by atoms with Crippen molar-refractivity contribution in [3.05, 3.63) is 17.6 Å². The standard InChI is InChI=1S/C15H26N4/c1-12-13(2)16-11-17-15(12)19(4)10-9-18(3)14-7-5-6-8-14/h11,14H,5-10H2,1-4H3. The van der Waals surface area contributed by atoms with Crippen LogP contribution in [0.2, 0.25) is 0 Å². The Labute approximate surface area is 116 Å². The van der Waals surface area contributed by atoms with Crippen molar-refractivity contribution in [1.82, 2.24) is 14.9 Å². The van der Waals surface area contributed by atoms with Crippen LogP contribution < -0.4 is 4.90 Å². The Bertz CT molecular complexity index is 413. The summed E-state index contributed by atoms with van der Waals surface area (Å²) in [6.45, 7) is 6.26. The summed E-state index contributed by atoms with van der Waals surface area (Å²) in [6, 6.07) is 0.793. The summed E-state index contributed by atoms with van der Waals surface area (Å²) in [5.41, 5.74) is 2.26. The highest BCUT2D eigenvalue weighted by Gasteiger charge is 2.19. The summed E-state index contributed by atoms with van der Waals surface area (Å²) in [7, 11) is 4.37. The second-order valence-corrected chi connectivity index (χ2v) is 5.75. The molecule has 0 aliphatic heterocycles. The molecule has 0 N–H and O–H groups in total. The zero-order valence-electron chi connectivity index (χ0n) is 12.7. The lowest BCUT2D eigenvalue weighted by molar-refractivity contribution is 0.251. The Morgan fingerprint density at radius 2 is 1.79 bits per heavy atom. The van der Waals surface area contributed by atoms with Crippen LogP contribution >= 0.6 is 0 Å². The lowest BCUT2D eigenvalue weighted by Crippen LogP contribution is -2.36. The summed E-state index contributed by atoms with van der Waals surface area (Å²) in [5, 5.41) is 0. The maximum Gasteiger partial charge on any atom is 0.134 e. The molecular formula is C15H26N4. The van der Waals surface area contributed by atoms with Gasteiger partial charge in [0.25, 0.3) is 0 Å². The normalized spacial score (nSPS) is 16.3. The number of likely N-dealkylation sites (N-methyl/N-ethyl adjacent to an activating group) is 2. The van der Waals surface area contributed by atoms with E-state index in [4.69, 9.17) is 0 Å². The van der Waals surface area contributed by atoms with E-state index in [-0.39, 0.29) is 0 Å². The lowest BCUT2D eigenvalue weighted by Gasteiger charge is -2.27. The average molecular weight is 262 g/mol. The fourth-order valence-corrected chi connectivity index (χ4v) is 2.85. The molecular weight excluding hydrogens is 236 g/mol. The number of hydrogen-bond donors (Lipinski definition) is 0. The molecule has 1 aliphatic rings. The molecule has 0 spiro atoms. The van der Waals surface area contributed by atoms with Gasteiger partial charge in [-0.3, -0.25) is 0 Å². The molecule has 0 atom stereocenters. The minimum absolute atomic E-state index is 0.793. The number of aromatic nitrogens is 2. The van der Waals surface area contributed by atoms with Crippen LogP contribution in [0.5, 0.6) is 0 Å². The molecule has 1 aliphatic carbocycles. The van der Waals surface area contributed by atoms with Crippen molar-refractivity contribution in [2.45, 2.75) is 45.6 Å². The van der Waals surface area contributed by atoms with E-state index >= 15 is 0 Å². The fraction of sp³-hybridized carbons (Fsp3) is 0.733. The number of rotatable bonds is 5. The van der Waals surface area contributed by atoms with Crippen LogP contribution in [0.4, 0.5) is 5.82 Å². The Kier molecular flexibility index (Phi) is 4.75. The second-order valence-electron chi connectivity index (χ2n) is 5.75. The maximum atomic E-state index is 4.41. The Morgan fingerprint density at radius 3 is 2.47 bits per heavy atom. The minimum atomic E-state index is 0.793. The summed E-state index contributed by atoms with van der Waals surface area (Å²) in [5.74, 6) is 1.06. The molecule has 0 amide bonds. The molecule has 1 aromatic rings. The van der Waals surface area contributed by atoms with Gasteiger partial charge in [-0.05, 0) is 33.7 Å². The van der Waals surface area contributed by atoms with E-state index in [2.05, 4.69) is 40.8 Å². The third kappa shape index (κ3) is 3.44. The lowest BCUT2D eigenvalue weighted by atomic mass is 10.2. The highest BCUT2D eigenvalue weighted by Crippen LogP contribution is 2.22. The van der Waals surface area contributed by atoms with Crippen LogP contribution in [0, 0.1) is 13.8 Å². The van der Waals surface area contributed by atoms with Gasteiger partial charge in [0, 0.05) is 37.4 Å². The molecule has 0 unspecified atom stereocenters. The highest BCUT2D eigenvalue weighted by molar-refractivity contribution is 5.46. The van der Waals surface area contributed by atoms with Gasteiger partial charge in [-0.2, -0.15) is 0 Å². The van der Waals surface area contributed by atoms with Gasteiger partial charge in [0.1, 0.15) is 12.1 Å². The van der Waals surface area contributed by atoms with Gasteiger partial charge in [0.15, 0.2) is 0 Å². The molecule has 106 valence electrons. The predicted octanol–water partition coefficient (Wildman–Crippen LogP) is 2.40. The van der Waals surface area contributed by atoms with Gasteiger partial charge in [-0.1, -0.05) is 12.8 Å². The Morgan fingerprint density at radius 1 is 1.11 bits per heavy atom. The van der Waals surface area contributed by atoms with Crippen LogP contribution in [-0.2, 0) is 0 Å². The molecule has 0 bridgehead atoms. The number of nitrogens with zero attached hydrogens (tertiary/aromatic N) is 4. The van der Waals surface area contributed by atoms with Gasteiger partial charge >= 0.3 is 0 Å². The molecule has 4 nitrogen and oxygen atoms in total. The first-order chi connectivity index (χ1) is 9.09. The first kappa shape index (κ1) is 14.3. The average Bonchev–Trinajstić information content (AvgIpc) is 2.93. The van der Waals surface area contributed by atoms with Crippen LogP contribution in [0.1, 0.15) is 36.9 Å². The zero-order chi connectivity index (χ0) is 13.8. The highest BCUT2D eigenvalue weighted by atomic mass is 15.2. The molecule has 0 saturated heterocycles. The van der Waals surface area contributed by atoms with Crippen LogP contribution in [0.25, 0.3) is 0 Å². The first-order valence-electron chi connectivity index (χ1n) is 7.29. The molecule has 1 aromatic heterocycles. The molecule has 2 rings (SSSR count). The third-order valence-electron chi connectivity index (χ3n) is 4.41. The summed E-state index contributed by atoms with van der Waals surface area (Å²) >= 11 is 0. The number of hydrogen-bond acceptors (Lipinski definition) is 4. The summed E-state index contributed by atoms with van der Waals surface area (Å²) in [6.07, 6.45) is 7.19. The van der Waals surface area contributed by atoms with E-state index in [1.165, 1.54) is 31.2 Å². The van der Waals surface area contributed by atoms with E-state index < -0.39 is 0 Å². The minimum Gasteiger partial charge on any atom is -0.358 e. The Hall–Kier alpha value is -1.16. The van der Waals surface area contributed by atoms with Crippen molar-refractivity contribution in [3.8, 4) is 0 Å². The van der Waals surface area contributed by atoms with E-state index in [9.17, 15) is 0 Å². The van der Waals surface area contributed by atoms with Gasteiger partial charge < -0.3 is 9.80 Å². The van der Waals surface area contributed by atoms with Crippen molar-refractivity contribution < 1.29 is 0 Å². The van der Waals surface area contributed by atoms with Crippen molar-refractivity contribution in [2.75, 3.05) is 32.1 Å². The smallest absolute Gasteiger partial charge is 0.134 e. The van der Waals surface area contributed by atoms with Crippen molar-refractivity contribution in [2.24, 2.45) is 0 Å². The third-order valence-corrected chi connectivity index (χ3v) is 4.41. The van der Waals surface area contributed by atoms with E-state index in [1.54, 1.807) is 6.33 Å². The van der Waals surface area contributed by atoms with Crippen LogP contribution in [-0.4, -0.2) is 48.1 Å².